The van der Waals surface area contributed by atoms with Crippen molar-refractivity contribution < 1.29 is 18.8 Å². The molecule has 5 rings (SSSR count). The number of carbonyl (C=O) groups is 1. The number of thioether (sulfide) groups is 1. The minimum atomic E-state index is -0.383. The Balaban J connectivity index is 1.39. The number of amides is 1. The minimum Gasteiger partial charge on any atom is -0.486 e. The maximum atomic E-state index is 13.3. The summed E-state index contributed by atoms with van der Waals surface area (Å²) in [4.78, 5) is 30.4. The van der Waals surface area contributed by atoms with E-state index < -0.39 is 0 Å². The number of nitrogens with one attached hydrogen (secondary N) is 1. The minimum absolute atomic E-state index is 0.0432. The number of fused-ring (bicyclic) bond motifs is 2. The Morgan fingerprint density at radius 1 is 1.18 bits per heavy atom. The molecule has 0 fully saturated rings. The van der Waals surface area contributed by atoms with Crippen LogP contribution in [0.2, 0.25) is 0 Å². The Morgan fingerprint density at radius 3 is 2.79 bits per heavy atom. The third-order valence-electron chi connectivity index (χ3n) is 5.01. The van der Waals surface area contributed by atoms with Gasteiger partial charge in [0, 0.05) is 6.07 Å². The van der Waals surface area contributed by atoms with Crippen molar-refractivity contribution in [1.29, 1.82) is 0 Å². The van der Waals surface area contributed by atoms with Crippen molar-refractivity contribution in [2.24, 2.45) is 0 Å². The zero-order valence-electron chi connectivity index (χ0n) is 17.7. The lowest BCUT2D eigenvalue weighted by atomic mass is 10.2. The van der Waals surface area contributed by atoms with E-state index in [1.54, 1.807) is 35.8 Å². The van der Waals surface area contributed by atoms with Gasteiger partial charge in [0.2, 0.25) is 5.91 Å². The molecule has 33 heavy (non-hydrogen) atoms. The van der Waals surface area contributed by atoms with Gasteiger partial charge in [-0.25, -0.2) is 4.98 Å². The normalized spacial score (nSPS) is 14.9. The first-order chi connectivity index (χ1) is 16.1. The Labute approximate surface area is 192 Å². The van der Waals surface area contributed by atoms with Crippen LogP contribution < -0.4 is 20.3 Å². The Kier molecular flexibility index (Phi) is 5.74. The van der Waals surface area contributed by atoms with E-state index in [1.807, 2.05) is 30.3 Å². The summed E-state index contributed by atoms with van der Waals surface area (Å²) in [6.07, 6.45) is -0.383. The molecular weight excluding hydrogens is 444 g/mol. The van der Waals surface area contributed by atoms with Gasteiger partial charge in [0.05, 0.1) is 23.2 Å². The summed E-state index contributed by atoms with van der Waals surface area (Å²) < 4.78 is 18.3. The molecule has 1 unspecified atom stereocenters. The van der Waals surface area contributed by atoms with Crippen molar-refractivity contribution in [2.45, 2.75) is 24.7 Å². The van der Waals surface area contributed by atoms with E-state index in [9.17, 15) is 9.59 Å². The van der Waals surface area contributed by atoms with Gasteiger partial charge in [0.25, 0.3) is 5.56 Å². The second kappa shape index (κ2) is 8.99. The van der Waals surface area contributed by atoms with Gasteiger partial charge in [0.15, 0.2) is 28.6 Å². The zero-order chi connectivity index (χ0) is 22.8. The van der Waals surface area contributed by atoms with Gasteiger partial charge in [0.1, 0.15) is 12.4 Å². The van der Waals surface area contributed by atoms with E-state index in [4.69, 9.17) is 14.0 Å². The van der Waals surface area contributed by atoms with Gasteiger partial charge in [-0.3, -0.25) is 14.2 Å². The molecule has 1 atom stereocenters. The van der Waals surface area contributed by atoms with Crippen molar-refractivity contribution in [1.82, 2.24) is 14.7 Å². The highest BCUT2D eigenvalue weighted by molar-refractivity contribution is 7.99. The van der Waals surface area contributed by atoms with E-state index in [1.165, 1.54) is 11.8 Å². The van der Waals surface area contributed by atoms with Crippen LogP contribution in [0.25, 0.3) is 10.9 Å². The molecule has 0 radical (unpaired) electrons. The van der Waals surface area contributed by atoms with Gasteiger partial charge >= 0.3 is 0 Å². The molecule has 0 aliphatic carbocycles. The molecule has 0 spiro atoms. The summed E-state index contributed by atoms with van der Waals surface area (Å²) in [5.41, 5.74) is 0.373. The number of para-hydroxylation sites is 3. The number of hydrogen-bond donors (Lipinski definition) is 1. The fraction of sp³-hybridized carbons (Fsp3) is 0.217. The van der Waals surface area contributed by atoms with Crippen LogP contribution in [-0.2, 0) is 11.3 Å². The highest BCUT2D eigenvalue weighted by Gasteiger charge is 2.24. The van der Waals surface area contributed by atoms with Gasteiger partial charge < -0.3 is 19.3 Å². The Morgan fingerprint density at radius 2 is 1.97 bits per heavy atom. The molecule has 1 aliphatic rings. The van der Waals surface area contributed by atoms with Gasteiger partial charge in [-0.05, 0) is 31.2 Å². The van der Waals surface area contributed by atoms with Crippen LogP contribution in [0.1, 0.15) is 5.76 Å². The van der Waals surface area contributed by atoms with Crippen molar-refractivity contribution in [2.75, 3.05) is 17.7 Å². The molecule has 1 amide bonds. The highest BCUT2D eigenvalue weighted by atomic mass is 32.2. The molecule has 2 aromatic heterocycles. The fourth-order valence-electron chi connectivity index (χ4n) is 3.51. The lowest BCUT2D eigenvalue weighted by molar-refractivity contribution is -0.113. The van der Waals surface area contributed by atoms with Crippen molar-refractivity contribution in [3.63, 3.8) is 0 Å². The lowest BCUT2D eigenvalue weighted by Crippen LogP contribution is -2.37. The van der Waals surface area contributed by atoms with Crippen LogP contribution in [0, 0.1) is 6.92 Å². The molecule has 0 saturated heterocycles. The number of rotatable bonds is 6. The van der Waals surface area contributed by atoms with Crippen molar-refractivity contribution in [3.05, 3.63) is 70.7 Å². The fourth-order valence-corrected chi connectivity index (χ4v) is 4.32. The Hall–Kier alpha value is -3.79. The summed E-state index contributed by atoms with van der Waals surface area (Å²) in [7, 11) is 0. The third kappa shape index (κ3) is 4.56. The number of anilines is 1. The molecule has 1 N–H and O–H groups in total. The number of nitrogens with zero attached hydrogens (tertiary/aromatic N) is 3. The summed E-state index contributed by atoms with van der Waals surface area (Å²) in [6, 6.07) is 16.2. The van der Waals surface area contributed by atoms with Crippen LogP contribution in [0.5, 0.6) is 11.5 Å². The van der Waals surface area contributed by atoms with Gasteiger partial charge in [-0.1, -0.05) is 41.2 Å². The second-order valence-electron chi connectivity index (χ2n) is 7.48. The monoisotopic (exact) mass is 464 g/mol. The molecule has 3 heterocycles. The first kappa shape index (κ1) is 21.1. The van der Waals surface area contributed by atoms with Crippen molar-refractivity contribution >= 4 is 34.4 Å². The summed E-state index contributed by atoms with van der Waals surface area (Å²) >= 11 is 1.17. The third-order valence-corrected chi connectivity index (χ3v) is 5.98. The molecule has 0 saturated carbocycles. The smallest absolute Gasteiger partial charge is 0.262 e. The quantitative estimate of drug-likeness (QED) is 0.342. The predicted octanol–water partition coefficient (Wildman–Crippen LogP) is 3.26. The molecule has 168 valence electrons. The van der Waals surface area contributed by atoms with E-state index in [0.29, 0.717) is 45.7 Å². The van der Waals surface area contributed by atoms with Crippen molar-refractivity contribution in [3.8, 4) is 11.5 Å². The molecular formula is C23H20N4O5S. The molecule has 1 aliphatic heterocycles. The Bertz CT molecular complexity index is 1380. The molecule has 2 aromatic carbocycles. The zero-order valence-corrected chi connectivity index (χ0v) is 18.5. The molecule has 10 heteroatoms. The van der Waals surface area contributed by atoms with Crippen LogP contribution in [0.4, 0.5) is 5.82 Å². The van der Waals surface area contributed by atoms with E-state index in [-0.39, 0.29) is 29.9 Å². The van der Waals surface area contributed by atoms with Crippen LogP contribution in [-0.4, -0.2) is 39.1 Å². The van der Waals surface area contributed by atoms with Gasteiger partial charge in [-0.2, -0.15) is 0 Å². The van der Waals surface area contributed by atoms with E-state index in [2.05, 4.69) is 15.5 Å². The summed E-state index contributed by atoms with van der Waals surface area (Å²) in [5.74, 6) is 2.00. The van der Waals surface area contributed by atoms with Crippen LogP contribution >= 0.6 is 11.8 Å². The van der Waals surface area contributed by atoms with E-state index >= 15 is 0 Å². The number of benzene rings is 2. The van der Waals surface area contributed by atoms with Gasteiger partial charge in [-0.15, -0.1) is 0 Å². The highest BCUT2D eigenvalue weighted by Crippen LogP contribution is 2.31. The predicted molar refractivity (Wildman–Crippen MR) is 123 cm³/mol. The van der Waals surface area contributed by atoms with Crippen LogP contribution in [0.3, 0.4) is 0 Å². The summed E-state index contributed by atoms with van der Waals surface area (Å²) in [5, 5.41) is 7.36. The first-order valence-electron chi connectivity index (χ1n) is 10.3. The maximum Gasteiger partial charge on any atom is 0.262 e. The van der Waals surface area contributed by atoms with E-state index in [0.717, 1.165) is 0 Å². The topological polar surface area (TPSA) is 108 Å². The average Bonchev–Trinajstić information content (AvgIpc) is 3.24. The maximum absolute atomic E-state index is 13.3. The largest absolute Gasteiger partial charge is 0.486 e. The number of carbonyl (C=O) groups excluding carboxylic acids is 1. The molecule has 0 bridgehead atoms. The standard InChI is InChI=1S/C23H20N4O5S/c1-14-10-20(26-32-14)25-21(28)13-33-23-24-17-7-3-2-6-16(17)22(29)27(23)11-15-12-30-18-8-4-5-9-19(18)31-15/h2-10,15H,11-13H2,1H3,(H,25,26,28). The lowest BCUT2D eigenvalue weighted by Gasteiger charge is -2.27. The number of aryl methyl sites for hydroxylation is 1. The average molecular weight is 465 g/mol. The first-order valence-corrected chi connectivity index (χ1v) is 11.3. The molecule has 9 nitrogen and oxygen atoms in total. The second-order valence-corrected chi connectivity index (χ2v) is 8.43. The number of aromatic nitrogens is 3. The molecule has 4 aromatic rings. The number of hydrogen-bond acceptors (Lipinski definition) is 8. The summed E-state index contributed by atoms with van der Waals surface area (Å²) in [6.45, 7) is 2.27. The van der Waals surface area contributed by atoms with Crippen LogP contribution in [0.15, 0.2) is 69.1 Å². The number of ether oxygens (including phenoxy) is 2. The SMILES string of the molecule is Cc1cc(NC(=O)CSc2nc3ccccc3c(=O)n2CC2COc3ccccc3O2)no1.